The molecule has 0 aliphatic heterocycles. The molecule has 23 heavy (non-hydrogen) atoms. The predicted molar refractivity (Wildman–Crippen MR) is 93.0 cm³/mol. The summed E-state index contributed by atoms with van der Waals surface area (Å²) in [6.45, 7) is 5.30. The second-order valence-electron chi connectivity index (χ2n) is 5.95. The van der Waals surface area contributed by atoms with Crippen molar-refractivity contribution in [3.63, 3.8) is 0 Å². The molecule has 0 radical (unpaired) electrons. The van der Waals surface area contributed by atoms with Gasteiger partial charge in [0, 0.05) is 11.3 Å². The van der Waals surface area contributed by atoms with E-state index in [1.54, 1.807) is 7.11 Å². The van der Waals surface area contributed by atoms with Crippen molar-refractivity contribution < 1.29 is 14.4 Å². The minimum atomic E-state index is 0.0321. The van der Waals surface area contributed by atoms with Crippen LogP contribution in [-0.2, 0) is 11.3 Å². The fraction of sp³-hybridized carbons (Fsp3) is 0.316. The first kappa shape index (κ1) is 17.0. The number of hydrogen-bond acceptors (Lipinski definition) is 2. The number of amides is 1. The number of nitrogens with one attached hydrogen (secondary N) is 2. The van der Waals surface area contributed by atoms with Crippen LogP contribution in [0.2, 0.25) is 0 Å². The molecule has 2 rings (SSSR count). The van der Waals surface area contributed by atoms with E-state index in [4.69, 9.17) is 4.74 Å². The third-order valence-corrected chi connectivity index (χ3v) is 4.01. The number of methoxy groups -OCH3 is 1. The molecule has 0 saturated heterocycles. The molecule has 2 N–H and O–H groups in total. The van der Waals surface area contributed by atoms with Crippen molar-refractivity contribution >= 4 is 11.6 Å². The minimum Gasteiger partial charge on any atom is -0.497 e. The van der Waals surface area contributed by atoms with Crippen LogP contribution in [-0.4, -0.2) is 26.6 Å². The summed E-state index contributed by atoms with van der Waals surface area (Å²) in [5.74, 6) is 0.879. The Kier molecular flexibility index (Phi) is 5.77. The SMILES string of the molecule is COc1ccc(C[NH+](C)CC(=O)Nc2cccc(C)c2C)cc1. The van der Waals surface area contributed by atoms with Gasteiger partial charge in [0.05, 0.1) is 14.2 Å². The molecule has 1 atom stereocenters. The summed E-state index contributed by atoms with van der Waals surface area (Å²) in [6.07, 6.45) is 0. The van der Waals surface area contributed by atoms with Crippen LogP contribution in [0.15, 0.2) is 42.5 Å². The van der Waals surface area contributed by atoms with Crippen molar-refractivity contribution in [2.75, 3.05) is 26.0 Å². The van der Waals surface area contributed by atoms with Gasteiger partial charge in [-0.1, -0.05) is 12.1 Å². The molecule has 0 spiro atoms. The summed E-state index contributed by atoms with van der Waals surface area (Å²) >= 11 is 0. The zero-order valence-corrected chi connectivity index (χ0v) is 14.3. The Morgan fingerprint density at radius 1 is 1.13 bits per heavy atom. The van der Waals surface area contributed by atoms with Crippen molar-refractivity contribution in [1.29, 1.82) is 0 Å². The highest BCUT2D eigenvalue weighted by Gasteiger charge is 2.12. The fourth-order valence-electron chi connectivity index (χ4n) is 2.51. The van der Waals surface area contributed by atoms with E-state index in [0.29, 0.717) is 6.54 Å². The van der Waals surface area contributed by atoms with Crippen molar-refractivity contribution in [2.24, 2.45) is 0 Å². The number of rotatable bonds is 6. The van der Waals surface area contributed by atoms with Crippen LogP contribution in [0.4, 0.5) is 5.69 Å². The van der Waals surface area contributed by atoms with Gasteiger partial charge in [0.15, 0.2) is 6.54 Å². The van der Waals surface area contributed by atoms with Gasteiger partial charge in [-0.15, -0.1) is 0 Å². The molecule has 0 saturated carbocycles. The maximum atomic E-state index is 12.2. The molecule has 122 valence electrons. The molecule has 0 bridgehead atoms. The number of quaternary nitrogens is 1. The van der Waals surface area contributed by atoms with E-state index in [1.807, 2.05) is 63.4 Å². The molecule has 2 aromatic rings. The maximum absolute atomic E-state index is 12.2. The number of aryl methyl sites for hydroxylation is 1. The van der Waals surface area contributed by atoms with Crippen molar-refractivity contribution in [1.82, 2.24) is 0 Å². The maximum Gasteiger partial charge on any atom is 0.279 e. The Hall–Kier alpha value is -2.33. The second kappa shape index (κ2) is 7.79. The van der Waals surface area contributed by atoms with Gasteiger partial charge in [-0.3, -0.25) is 4.79 Å². The van der Waals surface area contributed by atoms with E-state index in [2.05, 4.69) is 5.32 Å². The van der Waals surface area contributed by atoms with Gasteiger partial charge in [-0.05, 0) is 55.3 Å². The van der Waals surface area contributed by atoms with Crippen LogP contribution < -0.4 is 15.0 Å². The number of ether oxygens (including phenoxy) is 1. The lowest BCUT2D eigenvalue weighted by Gasteiger charge is -2.15. The van der Waals surface area contributed by atoms with Crippen molar-refractivity contribution in [3.05, 3.63) is 59.2 Å². The van der Waals surface area contributed by atoms with Crippen LogP contribution in [0.3, 0.4) is 0 Å². The first-order valence-corrected chi connectivity index (χ1v) is 7.80. The Bertz CT molecular complexity index is 666. The zero-order valence-electron chi connectivity index (χ0n) is 14.3. The van der Waals surface area contributed by atoms with Crippen LogP contribution in [0.1, 0.15) is 16.7 Å². The zero-order chi connectivity index (χ0) is 16.8. The van der Waals surface area contributed by atoms with Gasteiger partial charge in [-0.2, -0.15) is 0 Å². The number of likely N-dealkylation sites (N-methyl/N-ethyl adjacent to an activating group) is 1. The standard InChI is InChI=1S/C19H24N2O2/c1-14-6-5-7-18(15(14)2)20-19(22)13-21(3)12-16-8-10-17(23-4)11-9-16/h5-11H,12-13H2,1-4H3,(H,20,22)/p+1. The van der Waals surface area contributed by atoms with Gasteiger partial charge in [0.25, 0.3) is 5.91 Å². The van der Waals surface area contributed by atoms with Crippen LogP contribution >= 0.6 is 0 Å². The first-order chi connectivity index (χ1) is 11.0. The van der Waals surface area contributed by atoms with Gasteiger partial charge in [0.2, 0.25) is 0 Å². The summed E-state index contributed by atoms with van der Waals surface area (Å²) in [6, 6.07) is 13.9. The second-order valence-corrected chi connectivity index (χ2v) is 5.95. The summed E-state index contributed by atoms with van der Waals surface area (Å²) < 4.78 is 5.15. The average molecular weight is 313 g/mol. The molecule has 2 aromatic carbocycles. The highest BCUT2D eigenvalue weighted by Crippen LogP contribution is 2.17. The molecule has 0 heterocycles. The fourth-order valence-corrected chi connectivity index (χ4v) is 2.51. The van der Waals surface area contributed by atoms with Crippen LogP contribution in [0, 0.1) is 13.8 Å². The van der Waals surface area contributed by atoms with Crippen molar-refractivity contribution in [3.8, 4) is 5.75 Å². The van der Waals surface area contributed by atoms with E-state index in [-0.39, 0.29) is 5.91 Å². The van der Waals surface area contributed by atoms with E-state index >= 15 is 0 Å². The van der Waals surface area contributed by atoms with E-state index in [1.165, 1.54) is 11.1 Å². The molecule has 0 aromatic heterocycles. The average Bonchev–Trinajstić information content (AvgIpc) is 2.52. The van der Waals surface area contributed by atoms with Gasteiger partial charge in [-0.25, -0.2) is 0 Å². The monoisotopic (exact) mass is 313 g/mol. The molecular weight excluding hydrogens is 288 g/mol. The van der Waals surface area contributed by atoms with Crippen LogP contribution in [0.5, 0.6) is 5.75 Å². The normalized spacial score (nSPS) is 11.8. The Balaban J connectivity index is 1.90. The third kappa shape index (κ3) is 4.83. The van der Waals surface area contributed by atoms with Crippen molar-refractivity contribution in [2.45, 2.75) is 20.4 Å². The lowest BCUT2D eigenvalue weighted by molar-refractivity contribution is -0.885. The Morgan fingerprint density at radius 3 is 2.48 bits per heavy atom. The number of hydrogen-bond donors (Lipinski definition) is 2. The summed E-state index contributed by atoms with van der Waals surface area (Å²) in [4.78, 5) is 13.4. The number of benzene rings is 2. The molecular formula is C19H25N2O2+. The van der Waals surface area contributed by atoms with Gasteiger partial charge < -0.3 is 15.0 Å². The molecule has 0 aliphatic carbocycles. The summed E-state index contributed by atoms with van der Waals surface area (Å²) in [7, 11) is 3.68. The number of anilines is 1. The third-order valence-electron chi connectivity index (χ3n) is 4.01. The summed E-state index contributed by atoms with van der Waals surface area (Å²) in [5, 5.41) is 3.01. The smallest absolute Gasteiger partial charge is 0.279 e. The molecule has 4 heteroatoms. The molecule has 4 nitrogen and oxygen atoms in total. The highest BCUT2D eigenvalue weighted by atomic mass is 16.5. The Labute approximate surface area is 138 Å². The molecule has 0 aliphatic rings. The van der Waals surface area contributed by atoms with E-state index in [9.17, 15) is 4.79 Å². The van der Waals surface area contributed by atoms with Crippen LogP contribution in [0.25, 0.3) is 0 Å². The topological polar surface area (TPSA) is 42.8 Å². The quantitative estimate of drug-likeness (QED) is 0.856. The number of carbonyl (C=O) groups excluding carboxylic acids is 1. The highest BCUT2D eigenvalue weighted by molar-refractivity contribution is 5.92. The lowest BCUT2D eigenvalue weighted by Crippen LogP contribution is -3.08. The molecule has 1 unspecified atom stereocenters. The van der Waals surface area contributed by atoms with E-state index in [0.717, 1.165) is 28.4 Å². The minimum absolute atomic E-state index is 0.0321. The lowest BCUT2D eigenvalue weighted by atomic mass is 10.1. The molecule has 1 amide bonds. The first-order valence-electron chi connectivity index (χ1n) is 7.80. The van der Waals surface area contributed by atoms with Gasteiger partial charge >= 0.3 is 0 Å². The van der Waals surface area contributed by atoms with Gasteiger partial charge in [0.1, 0.15) is 12.3 Å². The Morgan fingerprint density at radius 2 is 1.83 bits per heavy atom. The predicted octanol–water partition coefficient (Wildman–Crippen LogP) is 1.97. The van der Waals surface area contributed by atoms with E-state index < -0.39 is 0 Å². The molecule has 0 fully saturated rings. The largest absolute Gasteiger partial charge is 0.497 e. The number of carbonyl (C=O) groups is 1. The summed E-state index contributed by atoms with van der Waals surface area (Å²) in [5.41, 5.74) is 4.38.